The number of nitrogens with zero attached hydrogens (tertiary/aromatic N) is 1. The van der Waals surface area contributed by atoms with Crippen molar-refractivity contribution in [3.8, 4) is 6.07 Å². The molecular weight excluding hydrogens is 338 g/mol. The summed E-state index contributed by atoms with van der Waals surface area (Å²) >= 11 is 0. The van der Waals surface area contributed by atoms with E-state index in [1.165, 1.54) is 19.8 Å². The van der Waals surface area contributed by atoms with Gasteiger partial charge in [-0.2, -0.15) is 5.26 Å². The molecule has 0 aromatic heterocycles. The van der Waals surface area contributed by atoms with Crippen molar-refractivity contribution in [1.29, 1.82) is 5.26 Å². The normalized spacial score (nSPS) is 48.5. The maximum Gasteiger partial charge on any atom is 0.302 e. The fourth-order valence-corrected chi connectivity index (χ4v) is 8.02. The number of ether oxygens (including phenoxy) is 1. The lowest BCUT2D eigenvalue weighted by molar-refractivity contribution is -0.159. The molecule has 27 heavy (non-hydrogen) atoms. The molecule has 8 atom stereocenters. The summed E-state index contributed by atoms with van der Waals surface area (Å²) in [5, 5.41) is 10.1. The van der Waals surface area contributed by atoms with Gasteiger partial charge >= 0.3 is 5.97 Å². The predicted molar refractivity (Wildman–Crippen MR) is 101 cm³/mol. The van der Waals surface area contributed by atoms with E-state index in [-0.39, 0.29) is 23.8 Å². The third-order valence-electron chi connectivity index (χ3n) is 9.16. The summed E-state index contributed by atoms with van der Waals surface area (Å²) in [6, 6.07) is 2.68. The van der Waals surface area contributed by atoms with Crippen LogP contribution in [0.3, 0.4) is 0 Å². The van der Waals surface area contributed by atoms with E-state index >= 15 is 0 Å². The monoisotopic (exact) mass is 371 g/mol. The van der Waals surface area contributed by atoms with Crippen molar-refractivity contribution in [2.45, 2.75) is 84.7 Å². The van der Waals surface area contributed by atoms with Crippen LogP contribution < -0.4 is 0 Å². The Morgan fingerprint density at radius 2 is 1.78 bits per heavy atom. The minimum atomic E-state index is -0.398. The number of nitriles is 1. The fourth-order valence-electron chi connectivity index (χ4n) is 8.02. The Hall–Kier alpha value is -1.37. The number of fused-ring (bicyclic) bond motifs is 5. The summed E-state index contributed by atoms with van der Waals surface area (Å²) in [6.07, 6.45) is 9.49. The van der Waals surface area contributed by atoms with Crippen molar-refractivity contribution in [1.82, 2.24) is 0 Å². The van der Waals surface area contributed by atoms with Crippen LogP contribution in [-0.4, -0.2) is 17.9 Å². The standard InChI is InChI=1S/C23H33NO3/c1-14(25)19-6-7-21-18-5-4-16-12-17(27-15(2)26)8-10-22(16,3)20(18)9-11-23(19,21)13-24/h16-21H,4-12H2,1-3H3/t16?,17?,18-,19-,20+,21+,22+,23+/m1/s1. The van der Waals surface area contributed by atoms with Gasteiger partial charge in [-0.05, 0) is 93.8 Å². The van der Waals surface area contributed by atoms with Crippen molar-refractivity contribution in [3.05, 3.63) is 0 Å². The molecule has 0 aliphatic heterocycles. The number of hydrogen-bond acceptors (Lipinski definition) is 4. The first-order valence-electron chi connectivity index (χ1n) is 10.9. The Morgan fingerprint density at radius 1 is 1.00 bits per heavy atom. The minimum Gasteiger partial charge on any atom is -0.463 e. The molecule has 0 bridgehead atoms. The quantitative estimate of drug-likeness (QED) is 0.662. The molecule has 4 aliphatic carbocycles. The van der Waals surface area contributed by atoms with Gasteiger partial charge in [0.05, 0.1) is 11.5 Å². The van der Waals surface area contributed by atoms with Crippen LogP contribution in [0.15, 0.2) is 0 Å². The third-order valence-corrected chi connectivity index (χ3v) is 9.16. The van der Waals surface area contributed by atoms with E-state index in [9.17, 15) is 14.9 Å². The van der Waals surface area contributed by atoms with Crippen LogP contribution in [0.4, 0.5) is 0 Å². The second kappa shape index (κ2) is 6.61. The maximum absolute atomic E-state index is 12.2. The van der Waals surface area contributed by atoms with Crippen molar-refractivity contribution < 1.29 is 14.3 Å². The lowest BCUT2D eigenvalue weighted by atomic mass is 9.44. The maximum atomic E-state index is 12.2. The van der Waals surface area contributed by atoms with Gasteiger partial charge in [0.1, 0.15) is 11.9 Å². The Labute approximate surface area is 163 Å². The smallest absolute Gasteiger partial charge is 0.302 e. The molecule has 0 radical (unpaired) electrons. The SMILES string of the molecule is CC(=O)OC1CC[C@@]2(C)C(CC[C@H]3[C@@H]4CC[C@H](C(C)=O)[C@@]4(C#N)CC[C@@H]32)C1. The number of carbonyl (C=O) groups excluding carboxylic acids is 2. The number of Topliss-reactive ketones (excluding diaryl/α,β-unsaturated/α-hetero) is 1. The molecule has 0 aromatic rings. The van der Waals surface area contributed by atoms with Gasteiger partial charge in [-0.1, -0.05) is 6.92 Å². The van der Waals surface area contributed by atoms with E-state index in [0.717, 1.165) is 44.9 Å². The average Bonchev–Trinajstić information content (AvgIpc) is 3.02. The first kappa shape index (κ1) is 19.0. The van der Waals surface area contributed by atoms with E-state index in [1.807, 2.05) is 0 Å². The van der Waals surface area contributed by atoms with E-state index in [1.54, 1.807) is 6.92 Å². The van der Waals surface area contributed by atoms with Crippen LogP contribution in [0.25, 0.3) is 0 Å². The lowest BCUT2D eigenvalue weighted by Gasteiger charge is -2.60. The highest BCUT2D eigenvalue weighted by molar-refractivity contribution is 5.80. The van der Waals surface area contributed by atoms with Gasteiger partial charge in [0.15, 0.2) is 0 Å². The highest BCUT2D eigenvalue weighted by Crippen LogP contribution is 2.67. The fraction of sp³-hybridized carbons (Fsp3) is 0.870. The van der Waals surface area contributed by atoms with Gasteiger partial charge in [-0.15, -0.1) is 0 Å². The largest absolute Gasteiger partial charge is 0.463 e. The summed E-state index contributed by atoms with van der Waals surface area (Å²) in [4.78, 5) is 23.6. The van der Waals surface area contributed by atoms with E-state index in [2.05, 4.69) is 13.0 Å². The zero-order valence-corrected chi connectivity index (χ0v) is 17.0. The summed E-state index contributed by atoms with van der Waals surface area (Å²) in [5.74, 6) is 2.30. The van der Waals surface area contributed by atoms with Gasteiger partial charge < -0.3 is 4.74 Å². The molecule has 2 unspecified atom stereocenters. The van der Waals surface area contributed by atoms with Gasteiger partial charge in [0.25, 0.3) is 0 Å². The zero-order valence-electron chi connectivity index (χ0n) is 17.0. The van der Waals surface area contributed by atoms with Crippen LogP contribution in [-0.2, 0) is 14.3 Å². The molecule has 4 rings (SSSR count). The van der Waals surface area contributed by atoms with Gasteiger partial charge in [0, 0.05) is 12.8 Å². The Kier molecular flexibility index (Phi) is 4.64. The summed E-state index contributed by atoms with van der Waals surface area (Å²) in [5.41, 5.74) is -0.0966. The molecule has 0 amide bonds. The van der Waals surface area contributed by atoms with Crippen LogP contribution in [0.2, 0.25) is 0 Å². The molecule has 0 heterocycles. The first-order chi connectivity index (χ1) is 12.8. The number of ketones is 1. The highest BCUT2D eigenvalue weighted by atomic mass is 16.5. The topological polar surface area (TPSA) is 67.2 Å². The molecule has 4 saturated carbocycles. The molecule has 0 N–H and O–H groups in total. The molecule has 4 aliphatic rings. The Balaban J connectivity index is 1.57. The van der Waals surface area contributed by atoms with Crippen molar-refractivity contribution in [3.63, 3.8) is 0 Å². The Bertz CT molecular complexity index is 682. The van der Waals surface area contributed by atoms with Crippen molar-refractivity contribution in [2.24, 2.45) is 40.4 Å². The zero-order chi connectivity index (χ0) is 19.4. The van der Waals surface area contributed by atoms with E-state index in [4.69, 9.17) is 4.74 Å². The summed E-state index contributed by atoms with van der Waals surface area (Å²) in [6.45, 7) is 5.67. The minimum absolute atomic E-state index is 0.0429. The lowest BCUT2D eigenvalue weighted by Crippen LogP contribution is -2.54. The van der Waals surface area contributed by atoms with Crippen LogP contribution in [0.5, 0.6) is 0 Å². The molecule has 0 spiro atoms. The van der Waals surface area contributed by atoms with Gasteiger partial charge in [-0.3, -0.25) is 9.59 Å². The number of carbonyl (C=O) groups is 2. The Morgan fingerprint density at radius 3 is 2.44 bits per heavy atom. The van der Waals surface area contributed by atoms with Crippen molar-refractivity contribution >= 4 is 11.8 Å². The molecule has 0 saturated heterocycles. The van der Waals surface area contributed by atoms with Crippen LogP contribution in [0.1, 0.15) is 78.6 Å². The second-order valence-electron chi connectivity index (χ2n) is 10.1. The molecular formula is C23H33NO3. The molecule has 4 nitrogen and oxygen atoms in total. The first-order valence-corrected chi connectivity index (χ1v) is 10.9. The number of hydrogen-bond donors (Lipinski definition) is 0. The van der Waals surface area contributed by atoms with Crippen molar-refractivity contribution in [2.75, 3.05) is 0 Å². The van der Waals surface area contributed by atoms with Crippen LogP contribution >= 0.6 is 0 Å². The molecule has 148 valence electrons. The summed E-state index contributed by atoms with van der Waals surface area (Å²) < 4.78 is 5.54. The third kappa shape index (κ3) is 2.76. The second-order valence-corrected chi connectivity index (χ2v) is 10.1. The van der Waals surface area contributed by atoms with E-state index in [0.29, 0.717) is 29.1 Å². The number of rotatable bonds is 2. The molecule has 4 heteroatoms. The molecule has 0 aromatic carbocycles. The van der Waals surface area contributed by atoms with E-state index < -0.39 is 5.41 Å². The molecule has 4 fully saturated rings. The average molecular weight is 372 g/mol. The summed E-state index contributed by atoms with van der Waals surface area (Å²) in [7, 11) is 0. The highest BCUT2D eigenvalue weighted by Gasteiger charge is 2.63. The number of esters is 1. The predicted octanol–water partition coefficient (Wildman–Crippen LogP) is 4.67. The van der Waals surface area contributed by atoms with Gasteiger partial charge in [0.2, 0.25) is 0 Å². The van der Waals surface area contributed by atoms with Crippen LogP contribution in [0, 0.1) is 51.8 Å². The van der Waals surface area contributed by atoms with Gasteiger partial charge in [-0.25, -0.2) is 0 Å².